The fraction of sp³-hybridized carbons (Fsp3) is 0.368. The molecule has 1 fully saturated rings. The van der Waals surface area contributed by atoms with Crippen LogP contribution in [0, 0.1) is 18.7 Å². The molecule has 5 heteroatoms. The fourth-order valence-corrected chi connectivity index (χ4v) is 3.10. The van der Waals surface area contributed by atoms with E-state index >= 15 is 0 Å². The molecule has 2 N–H and O–H groups in total. The van der Waals surface area contributed by atoms with Crippen molar-refractivity contribution in [3.63, 3.8) is 0 Å². The zero-order chi connectivity index (χ0) is 17.1. The van der Waals surface area contributed by atoms with Crippen LogP contribution in [0.25, 0.3) is 0 Å². The Morgan fingerprint density at radius 1 is 1.33 bits per heavy atom. The van der Waals surface area contributed by atoms with Crippen LogP contribution < -0.4 is 5.32 Å². The van der Waals surface area contributed by atoms with Gasteiger partial charge in [0.2, 0.25) is 0 Å². The van der Waals surface area contributed by atoms with Crippen LogP contribution in [-0.4, -0.2) is 28.1 Å². The standard InChI is InChI=1S/C19H21FN2O2/c1-12-8-14(2-3-17(12)20)19(24)22-18(15-10-16(23)11-15)9-13-4-6-21-7-5-13/h2-8,15-16,18,23H,9-11H2,1H3,(H,22,24)/t15?,16?,18-/m1/s1. The van der Waals surface area contributed by atoms with Gasteiger partial charge in [0.25, 0.3) is 5.91 Å². The highest BCUT2D eigenvalue weighted by molar-refractivity contribution is 5.94. The molecule has 1 aliphatic carbocycles. The number of hydrogen-bond acceptors (Lipinski definition) is 3. The third kappa shape index (κ3) is 3.79. The van der Waals surface area contributed by atoms with Crippen LogP contribution in [-0.2, 0) is 6.42 Å². The largest absolute Gasteiger partial charge is 0.393 e. The van der Waals surface area contributed by atoms with Crippen LogP contribution in [0.1, 0.15) is 34.3 Å². The third-order valence-corrected chi connectivity index (χ3v) is 4.66. The van der Waals surface area contributed by atoms with Gasteiger partial charge in [-0.2, -0.15) is 0 Å². The van der Waals surface area contributed by atoms with Gasteiger partial charge in [0, 0.05) is 24.0 Å². The van der Waals surface area contributed by atoms with E-state index in [9.17, 15) is 14.3 Å². The van der Waals surface area contributed by atoms with Gasteiger partial charge >= 0.3 is 0 Å². The van der Waals surface area contributed by atoms with Gasteiger partial charge in [-0.05, 0) is 73.6 Å². The summed E-state index contributed by atoms with van der Waals surface area (Å²) in [4.78, 5) is 16.5. The van der Waals surface area contributed by atoms with E-state index in [-0.39, 0.29) is 29.8 Å². The molecule has 3 rings (SSSR count). The third-order valence-electron chi connectivity index (χ3n) is 4.66. The minimum atomic E-state index is -0.318. The van der Waals surface area contributed by atoms with Crippen molar-refractivity contribution in [1.82, 2.24) is 10.3 Å². The average molecular weight is 328 g/mol. The van der Waals surface area contributed by atoms with Crippen molar-refractivity contribution in [2.45, 2.75) is 38.3 Å². The molecule has 1 saturated carbocycles. The maximum atomic E-state index is 13.4. The molecule has 1 atom stereocenters. The van der Waals surface area contributed by atoms with Gasteiger partial charge in [0.05, 0.1) is 6.10 Å². The van der Waals surface area contributed by atoms with Crippen LogP contribution in [0.15, 0.2) is 42.7 Å². The van der Waals surface area contributed by atoms with Gasteiger partial charge in [-0.3, -0.25) is 9.78 Å². The number of pyridine rings is 1. The number of nitrogens with zero attached hydrogens (tertiary/aromatic N) is 1. The maximum absolute atomic E-state index is 13.4. The van der Waals surface area contributed by atoms with E-state index in [0.717, 1.165) is 5.56 Å². The van der Waals surface area contributed by atoms with Gasteiger partial charge in [0.15, 0.2) is 0 Å². The average Bonchev–Trinajstić information content (AvgIpc) is 2.55. The van der Waals surface area contributed by atoms with Gasteiger partial charge in [-0.15, -0.1) is 0 Å². The molecule has 1 aromatic heterocycles. The number of aromatic nitrogens is 1. The van der Waals surface area contributed by atoms with E-state index in [2.05, 4.69) is 10.3 Å². The number of amides is 1. The molecule has 0 radical (unpaired) electrons. The molecule has 0 spiro atoms. The normalized spacial score (nSPS) is 21.0. The first-order chi connectivity index (χ1) is 11.5. The lowest BCUT2D eigenvalue weighted by Crippen LogP contribution is -2.48. The number of rotatable bonds is 5. The van der Waals surface area contributed by atoms with Crippen LogP contribution >= 0.6 is 0 Å². The van der Waals surface area contributed by atoms with Crippen LogP contribution in [0.2, 0.25) is 0 Å². The second-order valence-corrected chi connectivity index (χ2v) is 6.49. The Kier molecular flexibility index (Phi) is 4.90. The van der Waals surface area contributed by atoms with E-state index in [1.165, 1.54) is 12.1 Å². The Balaban J connectivity index is 1.73. The summed E-state index contributed by atoms with van der Waals surface area (Å²) < 4.78 is 13.4. The Morgan fingerprint density at radius 3 is 2.67 bits per heavy atom. The summed E-state index contributed by atoms with van der Waals surface area (Å²) in [6.45, 7) is 1.64. The highest BCUT2D eigenvalue weighted by Gasteiger charge is 2.34. The SMILES string of the molecule is Cc1cc(C(=O)N[C@H](Cc2ccncc2)C2CC(O)C2)ccc1F. The molecule has 1 aliphatic rings. The zero-order valence-corrected chi connectivity index (χ0v) is 13.6. The summed E-state index contributed by atoms with van der Waals surface area (Å²) in [5, 5.41) is 12.6. The fourth-order valence-electron chi connectivity index (χ4n) is 3.10. The summed E-state index contributed by atoms with van der Waals surface area (Å²) in [7, 11) is 0. The molecule has 0 unspecified atom stereocenters. The van der Waals surface area contributed by atoms with E-state index in [1.54, 1.807) is 25.4 Å². The summed E-state index contributed by atoms with van der Waals surface area (Å²) in [5.74, 6) is -0.279. The van der Waals surface area contributed by atoms with Crippen molar-refractivity contribution in [2.75, 3.05) is 0 Å². The first kappa shape index (κ1) is 16.6. The van der Waals surface area contributed by atoms with E-state index in [1.807, 2.05) is 12.1 Å². The predicted octanol–water partition coefficient (Wildman–Crippen LogP) is 2.64. The second-order valence-electron chi connectivity index (χ2n) is 6.49. The highest BCUT2D eigenvalue weighted by Crippen LogP contribution is 2.32. The molecular formula is C19H21FN2O2. The first-order valence-corrected chi connectivity index (χ1v) is 8.17. The number of halogens is 1. The van der Waals surface area contributed by atoms with Crippen molar-refractivity contribution in [2.24, 2.45) is 5.92 Å². The number of aliphatic hydroxyl groups excluding tert-OH is 1. The Labute approximate surface area is 140 Å². The Bertz CT molecular complexity index is 715. The molecule has 4 nitrogen and oxygen atoms in total. The predicted molar refractivity (Wildman–Crippen MR) is 89.1 cm³/mol. The number of carbonyl (C=O) groups excluding carboxylic acids is 1. The minimum absolute atomic E-state index is 0.0614. The topological polar surface area (TPSA) is 62.2 Å². The van der Waals surface area contributed by atoms with Gasteiger partial charge in [0.1, 0.15) is 5.82 Å². The molecule has 2 aromatic rings. The van der Waals surface area contributed by atoms with Crippen molar-refractivity contribution in [1.29, 1.82) is 0 Å². The van der Waals surface area contributed by atoms with Gasteiger partial charge < -0.3 is 10.4 Å². The molecule has 0 bridgehead atoms. The van der Waals surface area contributed by atoms with Crippen LogP contribution in [0.4, 0.5) is 4.39 Å². The number of nitrogens with one attached hydrogen (secondary N) is 1. The summed E-state index contributed by atoms with van der Waals surface area (Å²) in [5.41, 5.74) is 1.99. The number of carbonyl (C=O) groups is 1. The monoisotopic (exact) mass is 328 g/mol. The number of aryl methyl sites for hydroxylation is 1. The zero-order valence-electron chi connectivity index (χ0n) is 13.6. The van der Waals surface area contributed by atoms with Crippen molar-refractivity contribution < 1.29 is 14.3 Å². The Morgan fingerprint density at radius 2 is 2.04 bits per heavy atom. The molecule has 1 aromatic carbocycles. The number of hydrogen-bond donors (Lipinski definition) is 2. The van der Waals surface area contributed by atoms with Crippen LogP contribution in [0.5, 0.6) is 0 Å². The smallest absolute Gasteiger partial charge is 0.251 e. The van der Waals surface area contributed by atoms with Crippen LogP contribution in [0.3, 0.4) is 0 Å². The summed E-state index contributed by atoms with van der Waals surface area (Å²) in [6, 6.07) is 8.16. The minimum Gasteiger partial charge on any atom is -0.393 e. The molecule has 24 heavy (non-hydrogen) atoms. The van der Waals surface area contributed by atoms with Crippen molar-refractivity contribution in [3.8, 4) is 0 Å². The maximum Gasteiger partial charge on any atom is 0.251 e. The van der Waals surface area contributed by atoms with Gasteiger partial charge in [-0.1, -0.05) is 0 Å². The molecular weight excluding hydrogens is 307 g/mol. The molecule has 0 aliphatic heterocycles. The van der Waals surface area contributed by atoms with E-state index < -0.39 is 0 Å². The summed E-state index contributed by atoms with van der Waals surface area (Å²) in [6.07, 6.45) is 5.25. The van der Waals surface area contributed by atoms with E-state index in [4.69, 9.17) is 0 Å². The lowest BCUT2D eigenvalue weighted by molar-refractivity contribution is 0.0239. The molecule has 0 saturated heterocycles. The molecule has 1 heterocycles. The lowest BCUT2D eigenvalue weighted by Gasteiger charge is -2.38. The number of aliphatic hydroxyl groups is 1. The first-order valence-electron chi connectivity index (χ1n) is 8.17. The summed E-state index contributed by atoms with van der Waals surface area (Å²) >= 11 is 0. The van der Waals surface area contributed by atoms with E-state index in [0.29, 0.717) is 30.4 Å². The van der Waals surface area contributed by atoms with Crippen molar-refractivity contribution >= 4 is 5.91 Å². The quantitative estimate of drug-likeness (QED) is 0.887. The Hall–Kier alpha value is -2.27. The molecule has 126 valence electrons. The highest BCUT2D eigenvalue weighted by atomic mass is 19.1. The van der Waals surface area contributed by atoms with Gasteiger partial charge in [-0.25, -0.2) is 4.39 Å². The molecule has 1 amide bonds. The number of benzene rings is 1. The second kappa shape index (κ2) is 7.09. The van der Waals surface area contributed by atoms with Crippen molar-refractivity contribution in [3.05, 3.63) is 65.2 Å². The lowest BCUT2D eigenvalue weighted by atomic mass is 9.75.